The summed E-state index contributed by atoms with van der Waals surface area (Å²) in [5.74, 6) is -1.51. The van der Waals surface area contributed by atoms with Crippen molar-refractivity contribution in [2.45, 2.75) is 33.1 Å². The topological polar surface area (TPSA) is 124 Å². The molecule has 2 heterocycles. The number of nitrogens with one attached hydrogen (secondary N) is 3. The molecule has 29 heavy (non-hydrogen) atoms. The molecule has 2 aromatic heterocycles. The van der Waals surface area contributed by atoms with E-state index in [-0.39, 0.29) is 41.4 Å². The fraction of sp³-hybridized carbons (Fsp3) is 0.300. The highest BCUT2D eigenvalue weighted by atomic mass is 32.1. The molecule has 152 valence electrons. The van der Waals surface area contributed by atoms with Crippen molar-refractivity contribution in [2.75, 3.05) is 10.6 Å². The predicted molar refractivity (Wildman–Crippen MR) is 112 cm³/mol. The number of carboxylic acids is 1. The van der Waals surface area contributed by atoms with E-state index in [2.05, 4.69) is 20.6 Å². The Morgan fingerprint density at radius 2 is 1.86 bits per heavy atom. The maximum Gasteiger partial charge on any atom is 0.355 e. The third-order valence-electron chi connectivity index (χ3n) is 4.19. The van der Waals surface area contributed by atoms with E-state index in [0.29, 0.717) is 17.0 Å². The van der Waals surface area contributed by atoms with E-state index < -0.39 is 5.97 Å². The van der Waals surface area contributed by atoms with Crippen molar-refractivity contribution in [1.29, 1.82) is 0 Å². The number of fused-ring (bicyclic) bond motifs is 1. The fourth-order valence-corrected chi connectivity index (χ4v) is 4.08. The lowest BCUT2D eigenvalue weighted by Crippen LogP contribution is -2.17. The molecule has 0 unspecified atom stereocenters. The molecule has 0 atom stereocenters. The molecule has 3 rings (SSSR count). The van der Waals surface area contributed by atoms with Crippen molar-refractivity contribution in [3.63, 3.8) is 0 Å². The van der Waals surface area contributed by atoms with Crippen molar-refractivity contribution >= 4 is 50.8 Å². The van der Waals surface area contributed by atoms with E-state index in [9.17, 15) is 19.5 Å². The monoisotopic (exact) mass is 414 g/mol. The first-order valence-electron chi connectivity index (χ1n) is 9.22. The van der Waals surface area contributed by atoms with Crippen LogP contribution in [-0.2, 0) is 16.0 Å². The van der Waals surface area contributed by atoms with Gasteiger partial charge in [-0.05, 0) is 30.5 Å². The average molecular weight is 414 g/mol. The van der Waals surface area contributed by atoms with Gasteiger partial charge in [-0.15, -0.1) is 11.3 Å². The second kappa shape index (κ2) is 8.87. The molecule has 0 saturated heterocycles. The number of hydrogen-bond acceptors (Lipinski definition) is 5. The summed E-state index contributed by atoms with van der Waals surface area (Å²) >= 11 is 1.16. The minimum atomic E-state index is -1.12. The lowest BCUT2D eigenvalue weighted by atomic mass is 10.1. The molecule has 8 nitrogen and oxygen atoms in total. The number of anilines is 2. The summed E-state index contributed by atoms with van der Waals surface area (Å²) in [4.78, 5) is 43.4. The summed E-state index contributed by atoms with van der Waals surface area (Å²) in [5.41, 5.74) is 1.56. The van der Waals surface area contributed by atoms with Crippen molar-refractivity contribution in [2.24, 2.45) is 5.92 Å². The number of aromatic amines is 1. The van der Waals surface area contributed by atoms with Gasteiger partial charge < -0.3 is 20.7 Å². The number of aromatic carboxylic acids is 1. The number of nitrogens with zero attached hydrogens (tertiary/aromatic N) is 1. The van der Waals surface area contributed by atoms with Crippen molar-refractivity contribution in [3.8, 4) is 0 Å². The molecule has 0 aliphatic rings. The average Bonchev–Trinajstić information content (AvgIpc) is 3.27. The first-order valence-corrected chi connectivity index (χ1v) is 10.0. The molecule has 3 aromatic rings. The summed E-state index contributed by atoms with van der Waals surface area (Å²) in [6.07, 6.45) is 2.34. The number of carboxylic acid groups (broad SMARTS) is 1. The number of aromatic nitrogens is 2. The molecule has 0 bridgehead atoms. The van der Waals surface area contributed by atoms with Gasteiger partial charge in [0.15, 0.2) is 10.8 Å². The molecule has 1 aromatic carbocycles. The molecule has 0 aliphatic heterocycles. The number of rotatable bonds is 8. The molecule has 0 saturated carbocycles. The van der Waals surface area contributed by atoms with Crippen molar-refractivity contribution in [1.82, 2.24) is 9.97 Å². The minimum absolute atomic E-state index is 0.00264. The van der Waals surface area contributed by atoms with Crippen LogP contribution in [0.4, 0.5) is 10.8 Å². The first kappa shape index (κ1) is 20.5. The largest absolute Gasteiger partial charge is 0.476 e. The van der Waals surface area contributed by atoms with E-state index in [1.165, 1.54) is 0 Å². The molecule has 0 aliphatic carbocycles. The van der Waals surface area contributed by atoms with E-state index >= 15 is 0 Å². The highest BCUT2D eigenvalue weighted by Gasteiger charge is 2.19. The number of hydrogen-bond donors (Lipinski definition) is 4. The van der Waals surface area contributed by atoms with Gasteiger partial charge in [0.05, 0.1) is 5.69 Å². The van der Waals surface area contributed by atoms with Gasteiger partial charge in [-0.1, -0.05) is 19.9 Å². The normalized spacial score (nSPS) is 11.0. The standard InChI is InChI=1S/C20H22N4O4S/c1-11(2)10-15-18(19(27)28)24-20(29-15)23-17(26)7-6-16(25)22-14-5-3-4-13-12(14)8-9-21-13/h3-5,8-9,11,21H,6-7,10H2,1-2H3,(H,22,25)(H,27,28)(H,23,24,26). The zero-order valence-corrected chi connectivity index (χ0v) is 16.9. The van der Waals surface area contributed by atoms with Crippen molar-refractivity contribution < 1.29 is 19.5 Å². The van der Waals surface area contributed by atoms with Crippen LogP contribution in [0.2, 0.25) is 0 Å². The third-order valence-corrected chi connectivity index (χ3v) is 5.18. The van der Waals surface area contributed by atoms with Crippen molar-refractivity contribution in [3.05, 3.63) is 41.0 Å². The minimum Gasteiger partial charge on any atom is -0.476 e. The molecule has 9 heteroatoms. The van der Waals surface area contributed by atoms with Crippen LogP contribution in [0, 0.1) is 5.92 Å². The molecule has 0 spiro atoms. The van der Waals surface area contributed by atoms with Crippen LogP contribution in [0.1, 0.15) is 42.1 Å². The maximum absolute atomic E-state index is 12.2. The van der Waals surface area contributed by atoms with Crippen LogP contribution in [0.25, 0.3) is 10.9 Å². The number of carbonyl (C=O) groups is 3. The van der Waals surface area contributed by atoms with Crippen LogP contribution in [-0.4, -0.2) is 32.9 Å². The van der Waals surface area contributed by atoms with E-state index in [4.69, 9.17) is 0 Å². The Hall–Kier alpha value is -3.20. The van der Waals surface area contributed by atoms with Gasteiger partial charge in [0.2, 0.25) is 11.8 Å². The van der Waals surface area contributed by atoms with Gasteiger partial charge in [0.25, 0.3) is 0 Å². The summed E-state index contributed by atoms with van der Waals surface area (Å²) in [7, 11) is 0. The van der Waals surface area contributed by atoms with Crippen LogP contribution < -0.4 is 10.6 Å². The second-order valence-corrected chi connectivity index (χ2v) is 8.12. The number of benzene rings is 1. The molecular formula is C20H22N4O4S. The number of thiazole rings is 1. The predicted octanol–water partition coefficient (Wildman–Crippen LogP) is 3.88. The highest BCUT2D eigenvalue weighted by Crippen LogP contribution is 2.26. The van der Waals surface area contributed by atoms with Gasteiger partial charge in [-0.2, -0.15) is 0 Å². The molecule has 4 N–H and O–H groups in total. The van der Waals surface area contributed by atoms with Crippen LogP contribution in [0.3, 0.4) is 0 Å². The molecule has 2 amide bonds. The van der Waals surface area contributed by atoms with Crippen LogP contribution in [0.5, 0.6) is 0 Å². The summed E-state index contributed by atoms with van der Waals surface area (Å²) < 4.78 is 0. The number of H-pyrrole nitrogens is 1. The SMILES string of the molecule is CC(C)Cc1sc(NC(=O)CCC(=O)Nc2cccc3[nH]ccc23)nc1C(=O)O. The Labute approximate surface area is 171 Å². The van der Waals surface area contributed by atoms with Gasteiger partial charge >= 0.3 is 5.97 Å². The van der Waals surface area contributed by atoms with Gasteiger partial charge in [-0.25, -0.2) is 9.78 Å². The summed E-state index contributed by atoms with van der Waals surface area (Å²) in [5, 5.41) is 15.8. The quantitative estimate of drug-likeness (QED) is 0.445. The van der Waals surface area contributed by atoms with Gasteiger partial charge in [0.1, 0.15) is 0 Å². The number of amides is 2. The Bertz CT molecular complexity index is 1050. The smallest absolute Gasteiger partial charge is 0.355 e. The zero-order valence-electron chi connectivity index (χ0n) is 16.1. The second-order valence-electron chi connectivity index (χ2n) is 7.03. The van der Waals surface area contributed by atoms with Crippen LogP contribution >= 0.6 is 11.3 Å². The van der Waals surface area contributed by atoms with E-state index in [1.807, 2.05) is 32.0 Å². The Morgan fingerprint density at radius 3 is 2.55 bits per heavy atom. The third kappa shape index (κ3) is 5.20. The lowest BCUT2D eigenvalue weighted by Gasteiger charge is -2.06. The first-order chi connectivity index (χ1) is 13.8. The Kier molecular flexibility index (Phi) is 6.28. The van der Waals surface area contributed by atoms with E-state index in [0.717, 1.165) is 22.2 Å². The van der Waals surface area contributed by atoms with Crippen LogP contribution in [0.15, 0.2) is 30.5 Å². The summed E-state index contributed by atoms with van der Waals surface area (Å²) in [6, 6.07) is 7.41. The maximum atomic E-state index is 12.2. The zero-order chi connectivity index (χ0) is 21.0. The molecule has 0 radical (unpaired) electrons. The molecular weight excluding hydrogens is 392 g/mol. The van der Waals surface area contributed by atoms with E-state index in [1.54, 1.807) is 12.3 Å². The highest BCUT2D eigenvalue weighted by molar-refractivity contribution is 7.16. The van der Waals surface area contributed by atoms with Gasteiger partial charge in [-0.3, -0.25) is 9.59 Å². The fourth-order valence-electron chi connectivity index (χ4n) is 2.90. The summed E-state index contributed by atoms with van der Waals surface area (Å²) in [6.45, 7) is 3.96. The molecule has 0 fully saturated rings. The Morgan fingerprint density at radius 1 is 1.14 bits per heavy atom. The number of carbonyl (C=O) groups excluding carboxylic acids is 2. The Balaban J connectivity index is 1.56. The van der Waals surface area contributed by atoms with Gasteiger partial charge in [0, 0.05) is 34.8 Å². The lowest BCUT2D eigenvalue weighted by molar-refractivity contribution is -0.121.